The molecule has 0 saturated carbocycles. The van der Waals surface area contributed by atoms with E-state index < -0.39 is 11.6 Å². The van der Waals surface area contributed by atoms with Gasteiger partial charge < -0.3 is 5.73 Å². The molecule has 0 aliphatic rings. The molecule has 5 heteroatoms. The van der Waals surface area contributed by atoms with Crippen molar-refractivity contribution in [2.45, 2.75) is 10.6 Å². The lowest BCUT2D eigenvalue weighted by atomic mass is 10.1. The topological polar surface area (TPSA) is 49.8 Å². The maximum Gasteiger partial charge on any atom is 0.147 e. The molecule has 2 rings (SSSR count). The number of thioether (sulfide) groups is 1. The Morgan fingerprint density at radius 3 is 2.53 bits per heavy atom. The Balaban J connectivity index is 2.10. The largest absolute Gasteiger partial charge is 0.396 e. The first-order valence-corrected chi connectivity index (χ1v) is 6.45. The third-order valence-corrected chi connectivity index (χ3v) is 3.59. The fraction of sp³-hybridized carbons (Fsp3) is 0.0714. The van der Waals surface area contributed by atoms with Gasteiger partial charge in [0.15, 0.2) is 0 Å². The molecule has 2 aromatic carbocycles. The van der Waals surface area contributed by atoms with Crippen molar-refractivity contribution in [2.75, 3.05) is 5.73 Å². The first kappa shape index (κ1) is 13.4. The van der Waals surface area contributed by atoms with Gasteiger partial charge in [-0.1, -0.05) is 6.07 Å². The molecular weight excluding hydrogens is 266 g/mol. The van der Waals surface area contributed by atoms with Gasteiger partial charge in [-0.15, -0.1) is 11.8 Å². The Morgan fingerprint density at radius 1 is 1.11 bits per heavy atom. The van der Waals surface area contributed by atoms with Crippen molar-refractivity contribution in [1.82, 2.24) is 0 Å². The molecule has 0 heterocycles. The lowest BCUT2D eigenvalue weighted by Gasteiger charge is -2.05. The molecule has 0 saturated heterocycles. The number of nitriles is 1. The van der Waals surface area contributed by atoms with Crippen molar-refractivity contribution < 1.29 is 8.78 Å². The molecule has 0 unspecified atom stereocenters. The Morgan fingerprint density at radius 2 is 1.89 bits per heavy atom. The monoisotopic (exact) mass is 276 g/mol. The van der Waals surface area contributed by atoms with E-state index in [4.69, 9.17) is 11.0 Å². The van der Waals surface area contributed by atoms with Crippen molar-refractivity contribution >= 4 is 17.4 Å². The zero-order valence-corrected chi connectivity index (χ0v) is 10.7. The summed E-state index contributed by atoms with van der Waals surface area (Å²) in [5.74, 6) is -0.547. The zero-order chi connectivity index (χ0) is 13.8. The van der Waals surface area contributed by atoms with E-state index in [1.54, 1.807) is 18.2 Å². The summed E-state index contributed by atoms with van der Waals surface area (Å²) >= 11 is 1.31. The van der Waals surface area contributed by atoms with E-state index in [2.05, 4.69) is 0 Å². The van der Waals surface area contributed by atoms with Gasteiger partial charge in [-0.2, -0.15) is 5.26 Å². The highest BCUT2D eigenvalue weighted by Gasteiger charge is 2.06. The van der Waals surface area contributed by atoms with Crippen molar-refractivity contribution in [3.05, 3.63) is 59.2 Å². The van der Waals surface area contributed by atoms with Gasteiger partial charge in [0, 0.05) is 10.6 Å². The predicted molar refractivity (Wildman–Crippen MR) is 71.5 cm³/mol. The van der Waals surface area contributed by atoms with Gasteiger partial charge in [0.05, 0.1) is 17.3 Å². The minimum atomic E-state index is -0.481. The molecule has 0 aromatic heterocycles. The average molecular weight is 276 g/mol. The fourth-order valence-electron chi connectivity index (χ4n) is 1.49. The first-order valence-electron chi connectivity index (χ1n) is 5.46. The van der Waals surface area contributed by atoms with Crippen LogP contribution in [0.2, 0.25) is 0 Å². The van der Waals surface area contributed by atoms with E-state index in [9.17, 15) is 8.78 Å². The quantitative estimate of drug-likeness (QED) is 0.686. The van der Waals surface area contributed by atoms with Crippen LogP contribution in [0.3, 0.4) is 0 Å². The number of anilines is 1. The second kappa shape index (κ2) is 5.72. The molecule has 0 aliphatic heterocycles. The van der Waals surface area contributed by atoms with Crippen molar-refractivity contribution in [3.8, 4) is 6.07 Å². The standard InChI is InChI=1S/C14H10F2N2S/c15-12-5-9(7-17)1-2-10(12)8-19-11-3-4-14(18)13(16)6-11/h1-6H,8,18H2. The third-order valence-electron chi connectivity index (χ3n) is 2.55. The molecule has 2 N–H and O–H groups in total. The molecule has 96 valence electrons. The van der Waals surface area contributed by atoms with E-state index in [0.717, 1.165) is 0 Å². The molecule has 0 atom stereocenters. The van der Waals surface area contributed by atoms with Crippen LogP contribution >= 0.6 is 11.8 Å². The van der Waals surface area contributed by atoms with E-state index in [1.807, 2.05) is 6.07 Å². The van der Waals surface area contributed by atoms with Gasteiger partial charge in [-0.25, -0.2) is 8.78 Å². The van der Waals surface area contributed by atoms with Crippen LogP contribution in [0.4, 0.5) is 14.5 Å². The average Bonchev–Trinajstić information content (AvgIpc) is 2.41. The number of nitrogens with two attached hydrogens (primary N) is 1. The van der Waals surface area contributed by atoms with Crippen LogP contribution in [-0.4, -0.2) is 0 Å². The van der Waals surface area contributed by atoms with Crippen LogP contribution in [0.15, 0.2) is 41.3 Å². The third kappa shape index (κ3) is 3.24. The lowest BCUT2D eigenvalue weighted by molar-refractivity contribution is 0.617. The lowest BCUT2D eigenvalue weighted by Crippen LogP contribution is -1.91. The molecule has 0 amide bonds. The summed E-state index contributed by atoms with van der Waals surface area (Å²) in [5, 5.41) is 8.64. The van der Waals surface area contributed by atoms with Gasteiger partial charge in [-0.3, -0.25) is 0 Å². The van der Waals surface area contributed by atoms with Crippen LogP contribution in [0.5, 0.6) is 0 Å². The van der Waals surface area contributed by atoms with E-state index in [0.29, 0.717) is 16.2 Å². The summed E-state index contributed by atoms with van der Waals surface area (Å²) in [6.07, 6.45) is 0. The molecule has 19 heavy (non-hydrogen) atoms. The molecule has 2 nitrogen and oxygen atoms in total. The van der Waals surface area contributed by atoms with E-state index >= 15 is 0 Å². The highest BCUT2D eigenvalue weighted by atomic mass is 32.2. The minimum absolute atomic E-state index is 0.0916. The molecule has 0 aliphatic carbocycles. The number of nitrogen functional groups attached to an aromatic ring is 1. The molecule has 0 radical (unpaired) electrons. The maximum atomic E-state index is 13.6. The van der Waals surface area contributed by atoms with Crippen LogP contribution < -0.4 is 5.73 Å². The Bertz CT molecular complexity index is 650. The molecule has 0 bridgehead atoms. The van der Waals surface area contributed by atoms with Crippen molar-refractivity contribution in [1.29, 1.82) is 5.26 Å². The molecule has 0 spiro atoms. The summed E-state index contributed by atoms with van der Waals surface area (Å²) in [6.45, 7) is 0. The first-order chi connectivity index (χ1) is 9.10. The van der Waals surface area contributed by atoms with Crippen molar-refractivity contribution in [2.24, 2.45) is 0 Å². The van der Waals surface area contributed by atoms with Crippen LogP contribution in [0.25, 0.3) is 0 Å². The molecule has 0 fully saturated rings. The number of rotatable bonds is 3. The van der Waals surface area contributed by atoms with Gasteiger partial charge in [0.25, 0.3) is 0 Å². The Hall–Kier alpha value is -2.06. The summed E-state index contributed by atoms with van der Waals surface area (Å²) in [6, 6.07) is 10.7. The van der Waals surface area contributed by atoms with Crippen LogP contribution in [-0.2, 0) is 5.75 Å². The second-order valence-electron chi connectivity index (χ2n) is 3.89. The zero-order valence-electron chi connectivity index (χ0n) is 9.86. The SMILES string of the molecule is N#Cc1ccc(CSc2ccc(N)c(F)c2)c(F)c1. The van der Waals surface area contributed by atoms with Gasteiger partial charge in [0.2, 0.25) is 0 Å². The van der Waals surface area contributed by atoms with Gasteiger partial charge in [0.1, 0.15) is 11.6 Å². The number of benzene rings is 2. The van der Waals surface area contributed by atoms with Crippen LogP contribution in [0, 0.1) is 23.0 Å². The second-order valence-corrected chi connectivity index (χ2v) is 4.94. The van der Waals surface area contributed by atoms with E-state index in [-0.39, 0.29) is 11.3 Å². The Kier molecular flexibility index (Phi) is 4.03. The number of halogens is 2. The van der Waals surface area contributed by atoms with Gasteiger partial charge in [-0.05, 0) is 35.9 Å². The number of hydrogen-bond acceptors (Lipinski definition) is 3. The maximum absolute atomic E-state index is 13.6. The smallest absolute Gasteiger partial charge is 0.147 e. The van der Waals surface area contributed by atoms with E-state index in [1.165, 1.54) is 30.0 Å². The number of hydrogen-bond donors (Lipinski definition) is 1. The fourth-order valence-corrected chi connectivity index (χ4v) is 2.40. The minimum Gasteiger partial charge on any atom is -0.396 e. The summed E-state index contributed by atoms with van der Waals surface area (Å²) in [5.41, 5.74) is 6.22. The Labute approximate surface area is 113 Å². The van der Waals surface area contributed by atoms with Gasteiger partial charge >= 0.3 is 0 Å². The summed E-state index contributed by atoms with van der Waals surface area (Å²) in [4.78, 5) is 0.676. The normalized spacial score (nSPS) is 10.2. The number of nitrogens with zero attached hydrogens (tertiary/aromatic N) is 1. The van der Waals surface area contributed by atoms with Crippen molar-refractivity contribution in [3.63, 3.8) is 0 Å². The molecular formula is C14H10F2N2S. The van der Waals surface area contributed by atoms with Crippen LogP contribution in [0.1, 0.15) is 11.1 Å². The highest BCUT2D eigenvalue weighted by molar-refractivity contribution is 7.98. The summed E-state index contributed by atoms with van der Waals surface area (Å²) in [7, 11) is 0. The predicted octanol–water partition coefficient (Wildman–Crippen LogP) is 3.71. The summed E-state index contributed by atoms with van der Waals surface area (Å²) < 4.78 is 26.9. The highest BCUT2D eigenvalue weighted by Crippen LogP contribution is 2.26. The molecule has 2 aromatic rings.